The van der Waals surface area contributed by atoms with Gasteiger partial charge in [0, 0.05) is 5.41 Å². The van der Waals surface area contributed by atoms with E-state index < -0.39 is 0 Å². The molecule has 4 aliphatic carbocycles. The number of aliphatic hydroxyl groups excluding tert-OH is 1. The smallest absolute Gasteiger partial charge is 0.136 e. The summed E-state index contributed by atoms with van der Waals surface area (Å²) in [5.41, 5.74) is 1.92. The number of ketones is 1. The third-order valence-electron chi connectivity index (χ3n) is 9.46. The highest BCUT2D eigenvalue weighted by atomic mass is 16.3. The summed E-state index contributed by atoms with van der Waals surface area (Å²) in [7, 11) is 0. The average Bonchev–Trinajstić information content (AvgIpc) is 2.81. The first kappa shape index (κ1) is 16.8. The fourth-order valence-corrected chi connectivity index (χ4v) is 7.49. The zero-order valence-electron chi connectivity index (χ0n) is 15.9. The van der Waals surface area contributed by atoms with Crippen molar-refractivity contribution < 1.29 is 9.90 Å². The second-order valence-electron chi connectivity index (χ2n) is 10.0. The minimum absolute atomic E-state index is 0.115. The number of carbonyl (C=O) groups excluding carboxylic acids is 1. The Morgan fingerprint density at radius 3 is 2.50 bits per heavy atom. The van der Waals surface area contributed by atoms with Crippen LogP contribution in [0.2, 0.25) is 0 Å². The highest BCUT2D eigenvalue weighted by Crippen LogP contribution is 2.69. The quantitative estimate of drug-likeness (QED) is 0.694. The van der Waals surface area contributed by atoms with Crippen LogP contribution in [-0.2, 0) is 4.79 Å². The van der Waals surface area contributed by atoms with Crippen LogP contribution in [0.4, 0.5) is 0 Å². The summed E-state index contributed by atoms with van der Waals surface area (Å²) in [6.07, 6.45) is 11.3. The monoisotopic (exact) mass is 330 g/mol. The molecule has 5 unspecified atom stereocenters. The summed E-state index contributed by atoms with van der Waals surface area (Å²) < 4.78 is 0. The number of rotatable bonds is 1. The Hall–Kier alpha value is -0.630. The summed E-state index contributed by atoms with van der Waals surface area (Å²) in [6, 6.07) is 0. The summed E-state index contributed by atoms with van der Waals surface area (Å²) in [5.74, 6) is 2.61. The van der Waals surface area contributed by atoms with Gasteiger partial charge in [0.2, 0.25) is 0 Å². The first-order valence-electron chi connectivity index (χ1n) is 10.1. The number of aliphatic hydroxyl groups is 1. The Morgan fingerprint density at radius 2 is 1.79 bits per heavy atom. The molecule has 134 valence electrons. The minimum Gasteiger partial charge on any atom is -0.393 e. The normalized spacial score (nSPS) is 53.6. The minimum atomic E-state index is -0.123. The molecule has 24 heavy (non-hydrogen) atoms. The van der Waals surface area contributed by atoms with Crippen molar-refractivity contribution in [1.82, 2.24) is 0 Å². The van der Waals surface area contributed by atoms with Gasteiger partial charge in [0.25, 0.3) is 0 Å². The molecule has 1 N–H and O–H groups in total. The Bertz CT molecular complexity index is 593. The molecule has 0 amide bonds. The van der Waals surface area contributed by atoms with Crippen molar-refractivity contribution in [2.45, 2.75) is 85.2 Å². The van der Waals surface area contributed by atoms with Gasteiger partial charge < -0.3 is 5.11 Å². The third-order valence-corrected chi connectivity index (χ3v) is 9.46. The van der Waals surface area contributed by atoms with E-state index in [4.69, 9.17) is 0 Å². The van der Waals surface area contributed by atoms with Crippen LogP contribution in [0.5, 0.6) is 0 Å². The van der Waals surface area contributed by atoms with Crippen LogP contribution in [0.25, 0.3) is 0 Å². The number of fused-ring (bicyclic) bond motifs is 5. The van der Waals surface area contributed by atoms with Crippen molar-refractivity contribution in [3.63, 3.8) is 0 Å². The lowest BCUT2D eigenvalue weighted by Crippen LogP contribution is -2.53. The van der Waals surface area contributed by atoms with Crippen LogP contribution in [0.3, 0.4) is 0 Å². The number of allylic oxidation sites excluding steroid dienone is 1. The van der Waals surface area contributed by atoms with Crippen LogP contribution in [0, 0.1) is 34.0 Å². The standard InChI is InChI=1S/C22H34O2/c1-14(23)21(3)11-9-19-17-6-5-15-13-16(24)7-10-20(15,2)18(17)8-12-22(19,21)4/h5,16-19,24H,6-13H2,1-4H3/t16-,17?,18?,19?,20?,21+,22?/m0/s1. The van der Waals surface area contributed by atoms with Gasteiger partial charge >= 0.3 is 0 Å². The van der Waals surface area contributed by atoms with Crippen molar-refractivity contribution in [3.05, 3.63) is 11.6 Å². The Labute approximate surface area is 147 Å². The van der Waals surface area contributed by atoms with Crippen LogP contribution in [-0.4, -0.2) is 17.0 Å². The summed E-state index contributed by atoms with van der Waals surface area (Å²) in [4.78, 5) is 12.5. The lowest BCUT2D eigenvalue weighted by Gasteiger charge is -2.59. The lowest BCUT2D eigenvalue weighted by atomic mass is 9.45. The van der Waals surface area contributed by atoms with Gasteiger partial charge in [0.1, 0.15) is 5.78 Å². The Balaban J connectivity index is 1.69. The number of hydrogen-bond donors (Lipinski definition) is 1. The molecule has 0 radical (unpaired) electrons. The van der Waals surface area contributed by atoms with E-state index in [1.807, 2.05) is 6.92 Å². The summed E-state index contributed by atoms with van der Waals surface area (Å²) >= 11 is 0. The van der Waals surface area contributed by atoms with Crippen molar-refractivity contribution >= 4 is 5.78 Å². The third kappa shape index (κ3) is 1.95. The highest BCUT2D eigenvalue weighted by molar-refractivity contribution is 5.83. The second-order valence-corrected chi connectivity index (χ2v) is 10.0. The zero-order valence-corrected chi connectivity index (χ0v) is 15.9. The first-order valence-corrected chi connectivity index (χ1v) is 10.1. The predicted molar refractivity (Wildman–Crippen MR) is 96.5 cm³/mol. The van der Waals surface area contributed by atoms with E-state index in [0.29, 0.717) is 17.1 Å². The molecule has 0 aromatic carbocycles. The maximum atomic E-state index is 12.5. The molecule has 0 bridgehead atoms. The molecule has 0 aliphatic heterocycles. The van der Waals surface area contributed by atoms with Gasteiger partial charge in [-0.1, -0.05) is 32.4 Å². The van der Waals surface area contributed by atoms with E-state index in [0.717, 1.165) is 37.5 Å². The molecule has 3 saturated carbocycles. The van der Waals surface area contributed by atoms with Crippen LogP contribution in [0.1, 0.15) is 79.1 Å². The molecule has 0 heterocycles. The molecule has 0 aromatic rings. The molecule has 4 rings (SSSR count). The Kier molecular flexibility index (Phi) is 3.64. The predicted octanol–water partition coefficient (Wildman–Crippen LogP) is 4.91. The molecular weight excluding hydrogens is 296 g/mol. The van der Waals surface area contributed by atoms with E-state index in [-0.39, 0.29) is 16.9 Å². The topological polar surface area (TPSA) is 37.3 Å². The molecule has 2 nitrogen and oxygen atoms in total. The van der Waals surface area contributed by atoms with E-state index in [9.17, 15) is 9.90 Å². The maximum absolute atomic E-state index is 12.5. The molecular formula is C22H34O2. The van der Waals surface area contributed by atoms with E-state index in [2.05, 4.69) is 26.8 Å². The molecule has 4 aliphatic rings. The largest absolute Gasteiger partial charge is 0.393 e. The molecule has 7 atom stereocenters. The van der Waals surface area contributed by atoms with Gasteiger partial charge in [-0.2, -0.15) is 0 Å². The van der Waals surface area contributed by atoms with Crippen molar-refractivity contribution in [3.8, 4) is 0 Å². The van der Waals surface area contributed by atoms with Crippen molar-refractivity contribution in [1.29, 1.82) is 0 Å². The van der Waals surface area contributed by atoms with Crippen LogP contribution >= 0.6 is 0 Å². The van der Waals surface area contributed by atoms with Gasteiger partial charge in [0.15, 0.2) is 0 Å². The summed E-state index contributed by atoms with van der Waals surface area (Å²) in [6.45, 7) is 8.97. The first-order chi connectivity index (χ1) is 11.2. The van der Waals surface area contributed by atoms with Gasteiger partial charge in [-0.15, -0.1) is 0 Å². The lowest BCUT2D eigenvalue weighted by molar-refractivity contribution is -0.138. The van der Waals surface area contributed by atoms with Gasteiger partial charge in [0.05, 0.1) is 6.10 Å². The SMILES string of the molecule is CC(=O)[C@@]1(C)CCC2C3CC=C4C[C@@H](O)CCC4(C)C3CCC21C. The van der Waals surface area contributed by atoms with Crippen molar-refractivity contribution in [2.24, 2.45) is 34.0 Å². The zero-order chi connectivity index (χ0) is 17.3. The van der Waals surface area contributed by atoms with E-state index in [1.54, 1.807) is 5.57 Å². The van der Waals surface area contributed by atoms with E-state index in [1.165, 1.54) is 25.7 Å². The number of carbonyl (C=O) groups is 1. The average molecular weight is 331 g/mol. The number of Topliss-reactive ketones (excluding diaryl/α,β-unsaturated/α-hetero) is 1. The highest BCUT2D eigenvalue weighted by Gasteiger charge is 2.63. The molecule has 3 fully saturated rings. The molecule has 0 saturated heterocycles. The van der Waals surface area contributed by atoms with Gasteiger partial charge in [-0.3, -0.25) is 4.79 Å². The maximum Gasteiger partial charge on any atom is 0.136 e. The molecule has 0 spiro atoms. The van der Waals surface area contributed by atoms with Gasteiger partial charge in [-0.25, -0.2) is 0 Å². The van der Waals surface area contributed by atoms with Gasteiger partial charge in [-0.05, 0) is 86.9 Å². The number of hydrogen-bond acceptors (Lipinski definition) is 2. The van der Waals surface area contributed by atoms with Crippen LogP contribution < -0.4 is 0 Å². The fourth-order valence-electron chi connectivity index (χ4n) is 7.49. The molecule has 2 heteroatoms. The van der Waals surface area contributed by atoms with Crippen LogP contribution in [0.15, 0.2) is 11.6 Å². The second kappa shape index (κ2) is 5.19. The summed E-state index contributed by atoms with van der Waals surface area (Å²) in [5, 5.41) is 10.1. The Morgan fingerprint density at radius 1 is 1.08 bits per heavy atom. The van der Waals surface area contributed by atoms with Crippen molar-refractivity contribution in [2.75, 3.05) is 0 Å². The fraction of sp³-hybridized carbons (Fsp3) is 0.864. The van der Waals surface area contributed by atoms with E-state index >= 15 is 0 Å². The molecule has 0 aromatic heterocycles.